The van der Waals surface area contributed by atoms with Gasteiger partial charge >= 0.3 is 6.09 Å². The van der Waals surface area contributed by atoms with Gasteiger partial charge in [0, 0.05) is 19.4 Å². The molecular formula is C23H26N2O6S. The number of methoxy groups -OCH3 is 1. The van der Waals surface area contributed by atoms with Gasteiger partial charge < -0.3 is 14.4 Å². The van der Waals surface area contributed by atoms with Gasteiger partial charge in [0.15, 0.2) is 9.84 Å². The number of amides is 2. The summed E-state index contributed by atoms with van der Waals surface area (Å²) in [5.41, 5.74) is 2.78. The molecule has 0 bridgehead atoms. The van der Waals surface area contributed by atoms with Crippen molar-refractivity contribution in [2.75, 3.05) is 36.3 Å². The van der Waals surface area contributed by atoms with Crippen molar-refractivity contribution in [2.24, 2.45) is 0 Å². The lowest BCUT2D eigenvalue weighted by Crippen LogP contribution is -2.53. The molecule has 1 fully saturated rings. The van der Waals surface area contributed by atoms with Gasteiger partial charge in [-0.05, 0) is 55.2 Å². The van der Waals surface area contributed by atoms with E-state index in [1.54, 1.807) is 40.1 Å². The standard InChI is InChI=1S/C23H26N2O6S/c1-15-14-24(22(26)21-5-4-12-31-21)20-13-17(8-11-19(20)25(15)23(27)30-2)16-6-9-18(10-7-16)32(3,28)29/h6-11,13,15,21H,4-5,12,14H2,1-3H3/t15-,21?/m0/s1. The number of hydrogen-bond acceptors (Lipinski definition) is 6. The van der Waals surface area contributed by atoms with Crippen molar-refractivity contribution in [3.05, 3.63) is 42.5 Å². The number of hydrogen-bond donors (Lipinski definition) is 0. The number of fused-ring (bicyclic) bond motifs is 1. The minimum absolute atomic E-state index is 0.121. The van der Waals surface area contributed by atoms with Crippen LogP contribution in [0.3, 0.4) is 0 Å². The number of carbonyl (C=O) groups is 2. The summed E-state index contributed by atoms with van der Waals surface area (Å²) < 4.78 is 34.1. The summed E-state index contributed by atoms with van der Waals surface area (Å²) in [5.74, 6) is -0.121. The van der Waals surface area contributed by atoms with Gasteiger partial charge in [-0.25, -0.2) is 13.2 Å². The first kappa shape index (κ1) is 22.3. The molecule has 0 spiro atoms. The van der Waals surface area contributed by atoms with Crippen LogP contribution in [-0.4, -0.2) is 59.1 Å². The smallest absolute Gasteiger partial charge is 0.414 e. The van der Waals surface area contributed by atoms with E-state index < -0.39 is 22.0 Å². The molecule has 2 aliphatic heterocycles. The third-order valence-corrected chi connectivity index (χ3v) is 7.00. The van der Waals surface area contributed by atoms with Gasteiger partial charge in [-0.2, -0.15) is 0 Å². The summed E-state index contributed by atoms with van der Waals surface area (Å²) in [5, 5.41) is 0. The van der Waals surface area contributed by atoms with Gasteiger partial charge in [0.1, 0.15) is 6.10 Å². The lowest BCUT2D eigenvalue weighted by molar-refractivity contribution is -0.127. The first-order chi connectivity index (χ1) is 15.2. The van der Waals surface area contributed by atoms with Crippen LogP contribution in [0.5, 0.6) is 0 Å². The topological polar surface area (TPSA) is 93.2 Å². The van der Waals surface area contributed by atoms with E-state index in [-0.39, 0.29) is 16.8 Å². The third kappa shape index (κ3) is 4.10. The van der Waals surface area contributed by atoms with E-state index in [9.17, 15) is 18.0 Å². The summed E-state index contributed by atoms with van der Waals surface area (Å²) in [7, 11) is -1.97. The Morgan fingerprint density at radius 3 is 2.34 bits per heavy atom. The molecule has 2 atom stereocenters. The van der Waals surface area contributed by atoms with Crippen LogP contribution in [0, 0.1) is 0 Å². The first-order valence-electron chi connectivity index (χ1n) is 10.5. The predicted octanol–water partition coefficient (Wildman–Crippen LogP) is 3.24. The van der Waals surface area contributed by atoms with E-state index in [4.69, 9.17) is 9.47 Å². The molecule has 0 radical (unpaired) electrons. The number of ether oxygens (including phenoxy) is 2. The summed E-state index contributed by atoms with van der Waals surface area (Å²) in [6.45, 7) is 2.75. The van der Waals surface area contributed by atoms with E-state index in [0.717, 1.165) is 23.8 Å². The summed E-state index contributed by atoms with van der Waals surface area (Å²) in [4.78, 5) is 29.2. The van der Waals surface area contributed by atoms with Gasteiger partial charge in [0.05, 0.1) is 29.4 Å². The monoisotopic (exact) mass is 458 g/mol. The normalized spacial score (nSPS) is 20.7. The molecule has 2 amide bonds. The van der Waals surface area contributed by atoms with Gasteiger partial charge in [0.2, 0.25) is 0 Å². The maximum atomic E-state index is 13.3. The molecule has 4 rings (SSSR count). The highest BCUT2D eigenvalue weighted by Gasteiger charge is 2.38. The van der Waals surface area contributed by atoms with Gasteiger partial charge in [0.25, 0.3) is 5.91 Å². The predicted molar refractivity (Wildman–Crippen MR) is 121 cm³/mol. The van der Waals surface area contributed by atoms with Crippen LogP contribution < -0.4 is 9.80 Å². The number of sulfone groups is 1. The highest BCUT2D eigenvalue weighted by atomic mass is 32.2. The molecule has 0 saturated carbocycles. The highest BCUT2D eigenvalue weighted by Crippen LogP contribution is 2.40. The van der Waals surface area contributed by atoms with Crippen LogP contribution in [0.2, 0.25) is 0 Å². The Bertz CT molecular complexity index is 1140. The Hall–Kier alpha value is -2.91. The fraction of sp³-hybridized carbons (Fsp3) is 0.391. The van der Waals surface area contributed by atoms with Crippen molar-refractivity contribution in [2.45, 2.75) is 36.8 Å². The molecule has 8 nitrogen and oxygen atoms in total. The van der Waals surface area contributed by atoms with Crippen LogP contribution in [0.1, 0.15) is 19.8 Å². The van der Waals surface area contributed by atoms with Crippen molar-refractivity contribution in [1.29, 1.82) is 0 Å². The van der Waals surface area contributed by atoms with E-state index in [1.807, 2.05) is 19.1 Å². The number of nitrogens with zero attached hydrogens (tertiary/aromatic N) is 2. The second-order valence-corrected chi connectivity index (χ2v) is 10.2. The minimum atomic E-state index is -3.30. The number of carbonyl (C=O) groups excluding carboxylic acids is 2. The van der Waals surface area contributed by atoms with E-state index in [0.29, 0.717) is 30.9 Å². The molecular weight excluding hydrogens is 432 g/mol. The second kappa shape index (κ2) is 8.55. The Labute approximate surface area is 187 Å². The van der Waals surface area contributed by atoms with Crippen LogP contribution in [0.25, 0.3) is 11.1 Å². The Balaban J connectivity index is 1.78. The van der Waals surface area contributed by atoms with Crippen LogP contribution in [0.4, 0.5) is 16.2 Å². The van der Waals surface area contributed by atoms with Crippen molar-refractivity contribution in [3.8, 4) is 11.1 Å². The molecule has 0 aliphatic carbocycles. The molecule has 2 aromatic carbocycles. The molecule has 2 aromatic rings. The van der Waals surface area contributed by atoms with Crippen molar-refractivity contribution < 1.29 is 27.5 Å². The molecule has 170 valence electrons. The zero-order chi connectivity index (χ0) is 23.0. The molecule has 2 heterocycles. The summed E-state index contributed by atoms with van der Waals surface area (Å²) in [6, 6.07) is 11.8. The van der Waals surface area contributed by atoms with Crippen LogP contribution in [-0.2, 0) is 24.1 Å². The van der Waals surface area contributed by atoms with E-state index in [1.165, 1.54) is 7.11 Å². The Morgan fingerprint density at radius 1 is 1.06 bits per heavy atom. The zero-order valence-corrected chi connectivity index (χ0v) is 19.1. The van der Waals surface area contributed by atoms with E-state index in [2.05, 4.69) is 0 Å². The van der Waals surface area contributed by atoms with E-state index >= 15 is 0 Å². The van der Waals surface area contributed by atoms with Gasteiger partial charge in [-0.1, -0.05) is 18.2 Å². The minimum Gasteiger partial charge on any atom is -0.452 e. The summed E-state index contributed by atoms with van der Waals surface area (Å²) >= 11 is 0. The zero-order valence-electron chi connectivity index (χ0n) is 18.3. The van der Waals surface area contributed by atoms with Crippen molar-refractivity contribution in [1.82, 2.24) is 0 Å². The van der Waals surface area contributed by atoms with Gasteiger partial charge in [-0.15, -0.1) is 0 Å². The fourth-order valence-corrected chi connectivity index (χ4v) is 4.86. The largest absolute Gasteiger partial charge is 0.452 e. The summed E-state index contributed by atoms with van der Waals surface area (Å²) in [6.07, 6.45) is 1.70. The maximum Gasteiger partial charge on any atom is 0.414 e. The average molecular weight is 459 g/mol. The Morgan fingerprint density at radius 2 is 1.75 bits per heavy atom. The molecule has 0 aromatic heterocycles. The molecule has 9 heteroatoms. The lowest BCUT2D eigenvalue weighted by atomic mass is 10.0. The van der Waals surface area contributed by atoms with Crippen LogP contribution >= 0.6 is 0 Å². The first-order valence-corrected chi connectivity index (χ1v) is 12.3. The molecule has 0 N–H and O–H groups in total. The van der Waals surface area contributed by atoms with Crippen LogP contribution in [0.15, 0.2) is 47.4 Å². The molecule has 2 aliphatic rings. The lowest BCUT2D eigenvalue weighted by Gasteiger charge is -2.41. The van der Waals surface area contributed by atoms with Gasteiger partial charge in [-0.3, -0.25) is 9.69 Å². The number of benzene rings is 2. The average Bonchev–Trinajstić information content (AvgIpc) is 3.32. The molecule has 32 heavy (non-hydrogen) atoms. The fourth-order valence-electron chi connectivity index (χ4n) is 4.23. The number of anilines is 2. The molecule has 1 saturated heterocycles. The SMILES string of the molecule is COC(=O)N1c2ccc(-c3ccc(S(C)(=O)=O)cc3)cc2N(C(=O)C2CCCO2)C[C@@H]1C. The van der Waals surface area contributed by atoms with Crippen molar-refractivity contribution >= 4 is 33.2 Å². The maximum absolute atomic E-state index is 13.3. The Kier molecular flexibility index (Phi) is 5.96. The number of rotatable bonds is 3. The molecule has 1 unspecified atom stereocenters. The third-order valence-electron chi connectivity index (χ3n) is 5.87. The quantitative estimate of drug-likeness (QED) is 0.701. The second-order valence-electron chi connectivity index (χ2n) is 8.14. The van der Waals surface area contributed by atoms with Crippen molar-refractivity contribution in [3.63, 3.8) is 0 Å². The highest BCUT2D eigenvalue weighted by molar-refractivity contribution is 7.90.